The van der Waals surface area contributed by atoms with E-state index in [0.29, 0.717) is 23.8 Å². The van der Waals surface area contributed by atoms with Crippen LogP contribution < -0.4 is 5.56 Å². The molecule has 3 aromatic heterocycles. The minimum atomic E-state index is -0.191. The van der Waals surface area contributed by atoms with Crippen LogP contribution in [0.4, 0.5) is 0 Å². The molecule has 4 heterocycles. The molecule has 0 N–H and O–H groups in total. The molecule has 0 amide bonds. The predicted molar refractivity (Wildman–Crippen MR) is 101 cm³/mol. The van der Waals surface area contributed by atoms with E-state index in [-0.39, 0.29) is 11.2 Å². The minimum absolute atomic E-state index is 0.0498. The molecule has 1 aliphatic rings. The van der Waals surface area contributed by atoms with Crippen LogP contribution >= 0.6 is 11.3 Å². The van der Waals surface area contributed by atoms with Gasteiger partial charge in [-0.25, -0.2) is 9.97 Å². The first-order chi connectivity index (χ1) is 11.7. The van der Waals surface area contributed by atoms with Crippen LogP contribution in [0.1, 0.15) is 44.8 Å². The number of ether oxygens (including phenoxy) is 1. The lowest BCUT2D eigenvalue weighted by Gasteiger charge is -2.30. The molecule has 5 nitrogen and oxygen atoms in total. The van der Waals surface area contributed by atoms with Crippen molar-refractivity contribution in [1.29, 1.82) is 0 Å². The second kappa shape index (κ2) is 5.61. The van der Waals surface area contributed by atoms with Gasteiger partial charge in [0.2, 0.25) is 0 Å². The molecule has 0 atom stereocenters. The molecule has 25 heavy (non-hydrogen) atoms. The number of fused-ring (bicyclic) bond motifs is 4. The Morgan fingerprint density at radius 1 is 1.36 bits per heavy atom. The monoisotopic (exact) mass is 357 g/mol. The van der Waals surface area contributed by atoms with Crippen LogP contribution in [-0.2, 0) is 24.3 Å². The first-order valence-corrected chi connectivity index (χ1v) is 9.53. The van der Waals surface area contributed by atoms with Crippen molar-refractivity contribution in [3.8, 4) is 0 Å². The highest BCUT2D eigenvalue weighted by Gasteiger charge is 2.28. The van der Waals surface area contributed by atoms with Crippen LogP contribution in [0, 0.1) is 12.8 Å². The summed E-state index contributed by atoms with van der Waals surface area (Å²) in [5, 5.41) is 0.971. The average Bonchev–Trinajstić information content (AvgIpc) is 2.86. The SMILES string of the molecule is Cc1nc2c(sc3nc4c(cc32)COC(C)(C)C4)c(=O)n1CC(C)C. The number of aryl methyl sites for hydroxylation is 1. The topological polar surface area (TPSA) is 57.0 Å². The lowest BCUT2D eigenvalue weighted by molar-refractivity contribution is -0.0411. The fourth-order valence-electron chi connectivity index (χ4n) is 3.42. The number of pyridine rings is 1. The zero-order valence-electron chi connectivity index (χ0n) is 15.3. The van der Waals surface area contributed by atoms with Crippen molar-refractivity contribution in [1.82, 2.24) is 14.5 Å². The Kier molecular flexibility index (Phi) is 3.74. The van der Waals surface area contributed by atoms with Gasteiger partial charge in [0.1, 0.15) is 15.4 Å². The van der Waals surface area contributed by atoms with Gasteiger partial charge in [-0.3, -0.25) is 9.36 Å². The molecule has 3 aromatic rings. The molecule has 132 valence electrons. The number of aromatic nitrogens is 3. The van der Waals surface area contributed by atoms with Crippen LogP contribution in [0.25, 0.3) is 20.4 Å². The highest BCUT2D eigenvalue weighted by atomic mass is 32.1. The molecule has 0 unspecified atom stereocenters. The number of rotatable bonds is 2. The first kappa shape index (κ1) is 16.7. The van der Waals surface area contributed by atoms with E-state index >= 15 is 0 Å². The largest absolute Gasteiger partial charge is 0.370 e. The van der Waals surface area contributed by atoms with Gasteiger partial charge in [-0.05, 0) is 32.8 Å². The van der Waals surface area contributed by atoms with Crippen molar-refractivity contribution < 1.29 is 4.74 Å². The molecular weight excluding hydrogens is 334 g/mol. The van der Waals surface area contributed by atoms with Gasteiger partial charge in [0.25, 0.3) is 5.56 Å². The third kappa shape index (κ3) is 2.77. The highest BCUT2D eigenvalue weighted by molar-refractivity contribution is 7.25. The van der Waals surface area contributed by atoms with Gasteiger partial charge in [-0.15, -0.1) is 11.3 Å². The quantitative estimate of drug-likeness (QED) is 0.699. The summed E-state index contributed by atoms with van der Waals surface area (Å²) in [5.41, 5.74) is 2.83. The van der Waals surface area contributed by atoms with Crippen LogP contribution in [-0.4, -0.2) is 20.1 Å². The van der Waals surface area contributed by atoms with Gasteiger partial charge in [-0.2, -0.15) is 0 Å². The highest BCUT2D eigenvalue weighted by Crippen LogP contribution is 2.34. The van der Waals surface area contributed by atoms with Crippen LogP contribution in [0.3, 0.4) is 0 Å². The standard InChI is InChI=1S/C19H23N3O2S/c1-10(2)8-22-11(3)20-15-13-6-12-9-24-19(4,5)7-14(12)21-17(13)25-16(15)18(22)23/h6,10H,7-9H2,1-5H3. The van der Waals surface area contributed by atoms with E-state index in [9.17, 15) is 4.79 Å². The Hall–Kier alpha value is -1.79. The van der Waals surface area contributed by atoms with Crippen LogP contribution in [0.15, 0.2) is 10.9 Å². The molecule has 0 fully saturated rings. The molecule has 0 aliphatic carbocycles. The number of hydrogen-bond acceptors (Lipinski definition) is 5. The second-order valence-electron chi connectivity index (χ2n) is 7.92. The maximum Gasteiger partial charge on any atom is 0.271 e. The summed E-state index contributed by atoms with van der Waals surface area (Å²) in [6, 6.07) is 2.12. The van der Waals surface area contributed by atoms with Gasteiger partial charge in [0.15, 0.2) is 0 Å². The van der Waals surface area contributed by atoms with E-state index < -0.39 is 0 Å². The molecule has 0 radical (unpaired) electrons. The molecule has 0 saturated carbocycles. The number of thiophene rings is 1. The average molecular weight is 357 g/mol. The Morgan fingerprint density at radius 3 is 2.84 bits per heavy atom. The van der Waals surface area contributed by atoms with Gasteiger partial charge in [0.05, 0.1) is 23.4 Å². The second-order valence-corrected chi connectivity index (χ2v) is 8.92. The van der Waals surface area contributed by atoms with Gasteiger partial charge in [-0.1, -0.05) is 13.8 Å². The van der Waals surface area contributed by atoms with Crippen molar-refractivity contribution in [3.63, 3.8) is 0 Å². The minimum Gasteiger partial charge on any atom is -0.370 e. The summed E-state index contributed by atoms with van der Waals surface area (Å²) in [7, 11) is 0. The Bertz CT molecular complexity index is 1050. The lowest BCUT2D eigenvalue weighted by atomic mass is 9.95. The summed E-state index contributed by atoms with van der Waals surface area (Å²) < 4.78 is 8.41. The smallest absolute Gasteiger partial charge is 0.271 e. The summed E-state index contributed by atoms with van der Waals surface area (Å²) in [5.74, 6) is 1.16. The van der Waals surface area contributed by atoms with Crippen molar-refractivity contribution in [2.75, 3.05) is 0 Å². The molecule has 0 aromatic carbocycles. The Balaban J connectivity index is 1.96. The number of hydrogen-bond donors (Lipinski definition) is 0. The van der Waals surface area contributed by atoms with Gasteiger partial charge >= 0.3 is 0 Å². The maximum absolute atomic E-state index is 13.0. The normalized spacial score (nSPS) is 16.7. The molecule has 0 spiro atoms. The van der Waals surface area contributed by atoms with E-state index in [0.717, 1.165) is 39.2 Å². The molecule has 0 bridgehead atoms. The molecular formula is C19H23N3O2S. The maximum atomic E-state index is 13.0. The Morgan fingerprint density at radius 2 is 2.12 bits per heavy atom. The Labute approximate surface area is 150 Å². The van der Waals surface area contributed by atoms with Crippen LogP contribution in [0.2, 0.25) is 0 Å². The van der Waals surface area contributed by atoms with Crippen molar-refractivity contribution in [2.24, 2.45) is 5.92 Å². The molecule has 0 saturated heterocycles. The van der Waals surface area contributed by atoms with Gasteiger partial charge in [0, 0.05) is 23.9 Å². The number of nitrogens with zero attached hydrogens (tertiary/aromatic N) is 3. The third-order valence-electron chi connectivity index (χ3n) is 4.69. The zero-order valence-corrected chi connectivity index (χ0v) is 16.2. The first-order valence-electron chi connectivity index (χ1n) is 8.71. The summed E-state index contributed by atoms with van der Waals surface area (Å²) in [6.45, 7) is 11.5. The third-order valence-corrected chi connectivity index (χ3v) is 5.76. The summed E-state index contributed by atoms with van der Waals surface area (Å²) in [4.78, 5) is 23.5. The summed E-state index contributed by atoms with van der Waals surface area (Å²) in [6.07, 6.45) is 0.788. The fraction of sp³-hybridized carbons (Fsp3) is 0.526. The van der Waals surface area contributed by atoms with Crippen LogP contribution in [0.5, 0.6) is 0 Å². The van der Waals surface area contributed by atoms with E-state index in [1.54, 1.807) is 4.57 Å². The van der Waals surface area contributed by atoms with E-state index in [1.165, 1.54) is 11.3 Å². The fourth-order valence-corrected chi connectivity index (χ4v) is 4.49. The van der Waals surface area contributed by atoms with Crippen molar-refractivity contribution in [2.45, 2.75) is 59.8 Å². The molecule has 4 rings (SSSR count). The predicted octanol–water partition coefficient (Wildman–Crippen LogP) is 3.82. The van der Waals surface area contributed by atoms with Gasteiger partial charge < -0.3 is 4.74 Å². The van der Waals surface area contributed by atoms with Crippen molar-refractivity contribution >= 4 is 31.8 Å². The summed E-state index contributed by atoms with van der Waals surface area (Å²) >= 11 is 1.46. The molecule has 1 aliphatic heterocycles. The molecule has 6 heteroatoms. The van der Waals surface area contributed by atoms with E-state index in [2.05, 4.69) is 33.8 Å². The van der Waals surface area contributed by atoms with E-state index in [1.807, 2.05) is 6.92 Å². The zero-order chi connectivity index (χ0) is 17.9. The van der Waals surface area contributed by atoms with Crippen molar-refractivity contribution in [3.05, 3.63) is 33.5 Å². The van der Waals surface area contributed by atoms with E-state index in [4.69, 9.17) is 14.7 Å². The lowest BCUT2D eigenvalue weighted by Crippen LogP contribution is -2.32.